The van der Waals surface area contributed by atoms with Gasteiger partial charge in [0.15, 0.2) is 25.0 Å². The Morgan fingerprint density at radius 3 is 1.12 bits per heavy atom. The fraction of sp³-hybridized carbons (Fsp3) is 0.875. The molecule has 0 aliphatic heterocycles. The summed E-state index contributed by atoms with van der Waals surface area (Å²) < 4.78 is 19.2. The molecule has 7 nitrogen and oxygen atoms in total. The van der Waals surface area contributed by atoms with Gasteiger partial charge in [-0.05, 0) is 58.9 Å². The van der Waals surface area contributed by atoms with Gasteiger partial charge in [0.25, 0.3) is 0 Å². The van der Waals surface area contributed by atoms with Crippen molar-refractivity contribution in [2.75, 3.05) is 14.2 Å². The highest BCUT2D eigenvalue weighted by Gasteiger charge is 2.38. The molecule has 154 valence electrons. The number of hydrogen-bond donors (Lipinski definition) is 0. The minimum atomic E-state index is -1.91. The molecule has 3 atom stereocenters. The lowest BCUT2D eigenvalue weighted by molar-refractivity contribution is 0.0216. The van der Waals surface area contributed by atoms with Crippen molar-refractivity contribution in [2.24, 2.45) is 10.3 Å². The highest BCUT2D eigenvalue weighted by atomic mass is 28.4. The van der Waals surface area contributed by atoms with Gasteiger partial charge in [-0.3, -0.25) is 0 Å². The minimum absolute atomic E-state index is 0.391. The summed E-state index contributed by atoms with van der Waals surface area (Å²) in [4.78, 5) is 9.80. The van der Waals surface area contributed by atoms with Crippen LogP contribution in [0.3, 0.4) is 0 Å². The number of nitrogens with zero attached hydrogens (tertiary/aromatic N) is 2. The summed E-state index contributed by atoms with van der Waals surface area (Å²) >= 11 is 0. The summed E-state index contributed by atoms with van der Waals surface area (Å²) in [6.45, 7) is 19.2. The molecule has 26 heavy (non-hydrogen) atoms. The Morgan fingerprint density at radius 1 is 0.577 bits per heavy atom. The molecule has 0 spiro atoms. The highest BCUT2D eigenvalue weighted by molar-refractivity contribution is 6.71. The highest BCUT2D eigenvalue weighted by Crippen LogP contribution is 2.22. The molecule has 10 heteroatoms. The lowest BCUT2D eigenvalue weighted by Gasteiger charge is -2.39. The summed E-state index contributed by atoms with van der Waals surface area (Å²) in [5.74, 6) is 0. The third-order valence-corrected chi connectivity index (χ3v) is 5.68. The smallest absolute Gasteiger partial charge is 0.184 e. The van der Waals surface area contributed by atoms with Crippen LogP contribution < -0.4 is 0 Å². The van der Waals surface area contributed by atoms with E-state index >= 15 is 0 Å². The summed E-state index contributed by atoms with van der Waals surface area (Å²) in [5.41, 5.74) is 0. The molecule has 0 saturated heterocycles. The zero-order valence-corrected chi connectivity index (χ0v) is 21.3. The molecule has 0 aromatic rings. The monoisotopic (exact) mass is 422 g/mol. The Hall–Kier alpha value is -0.529. The lowest BCUT2D eigenvalue weighted by Crippen LogP contribution is -2.54. The molecule has 0 aliphatic carbocycles. The molecule has 0 radical (unpaired) electrons. The first-order chi connectivity index (χ1) is 11.7. The molecule has 1 unspecified atom stereocenters. The average Bonchev–Trinajstić information content (AvgIpc) is 2.42. The zero-order valence-electron chi connectivity index (χ0n) is 18.3. The van der Waals surface area contributed by atoms with Gasteiger partial charge in [0.05, 0.1) is 12.4 Å². The third kappa shape index (κ3) is 12.8. The second-order valence-electron chi connectivity index (χ2n) is 8.96. The maximum absolute atomic E-state index is 6.49. The van der Waals surface area contributed by atoms with Gasteiger partial charge in [0.1, 0.15) is 32.5 Å². The molecule has 0 saturated carbocycles. The van der Waals surface area contributed by atoms with E-state index in [0.29, 0.717) is 0 Å². The van der Waals surface area contributed by atoms with Gasteiger partial charge in [-0.25, -0.2) is 0 Å². The van der Waals surface area contributed by atoms with Crippen LogP contribution in [0.15, 0.2) is 10.3 Å². The number of oxime groups is 2. The van der Waals surface area contributed by atoms with Crippen molar-refractivity contribution < 1.29 is 23.0 Å². The Bertz CT molecular complexity index is 422. The molecule has 0 aromatic heterocycles. The van der Waals surface area contributed by atoms with Crippen LogP contribution in [0.2, 0.25) is 58.9 Å². The van der Waals surface area contributed by atoms with Gasteiger partial charge >= 0.3 is 0 Å². The second-order valence-corrected chi connectivity index (χ2v) is 22.3. The van der Waals surface area contributed by atoms with Gasteiger partial charge in [-0.15, -0.1) is 0 Å². The van der Waals surface area contributed by atoms with Gasteiger partial charge < -0.3 is 23.0 Å². The predicted molar refractivity (Wildman–Crippen MR) is 116 cm³/mol. The minimum Gasteiger partial charge on any atom is -0.409 e. The fourth-order valence-corrected chi connectivity index (χ4v) is 5.26. The maximum atomic E-state index is 6.49. The van der Waals surface area contributed by atoms with E-state index in [0.717, 1.165) is 0 Å². The summed E-state index contributed by atoms with van der Waals surface area (Å²) in [6.07, 6.45) is 2.11. The third-order valence-electron chi connectivity index (χ3n) is 2.74. The van der Waals surface area contributed by atoms with Crippen molar-refractivity contribution in [3.05, 3.63) is 0 Å². The largest absolute Gasteiger partial charge is 0.409 e. The summed E-state index contributed by atoms with van der Waals surface area (Å²) in [6, 6.07) is 0. The molecule has 0 bridgehead atoms. The standard InChI is InChI=1S/C16H38N2O5Si3/c1-19-17-12-14(21-24(3,4)5)16(23-26(9,10)11)15(13-18-20-2)22-25(6,7)8/h12-16H,1-11H3/b17-12-,18-13-/t14-,15+,16?. The quantitative estimate of drug-likeness (QED) is 0.271. The summed E-state index contributed by atoms with van der Waals surface area (Å²) in [7, 11) is -2.63. The van der Waals surface area contributed by atoms with Crippen LogP contribution in [0, 0.1) is 0 Å². The molecular weight excluding hydrogens is 384 g/mol. The fourth-order valence-electron chi connectivity index (χ4n) is 2.15. The Morgan fingerprint density at radius 2 is 0.885 bits per heavy atom. The van der Waals surface area contributed by atoms with E-state index in [1.165, 1.54) is 14.2 Å². The van der Waals surface area contributed by atoms with E-state index in [4.69, 9.17) is 23.0 Å². The predicted octanol–water partition coefficient (Wildman–Crippen LogP) is 3.91. The van der Waals surface area contributed by atoms with Gasteiger partial charge in [0, 0.05) is 0 Å². The molecule has 0 rings (SSSR count). The number of hydrogen-bond acceptors (Lipinski definition) is 7. The van der Waals surface area contributed by atoms with E-state index in [1.54, 1.807) is 12.4 Å². The molecule has 0 aliphatic rings. The molecule has 0 amide bonds. The van der Waals surface area contributed by atoms with Crippen molar-refractivity contribution in [3.8, 4) is 0 Å². The first-order valence-electron chi connectivity index (χ1n) is 8.85. The van der Waals surface area contributed by atoms with E-state index in [2.05, 4.69) is 69.2 Å². The van der Waals surface area contributed by atoms with Gasteiger partial charge in [0.2, 0.25) is 0 Å². The Kier molecular flexibility index (Phi) is 10.5. The van der Waals surface area contributed by atoms with Crippen LogP contribution in [-0.2, 0) is 23.0 Å². The average molecular weight is 423 g/mol. The normalized spacial score (nSPS) is 17.5. The molecule has 0 aromatic carbocycles. The molecule has 0 fully saturated rings. The first-order valence-corrected chi connectivity index (χ1v) is 19.1. The van der Waals surface area contributed by atoms with Gasteiger partial charge in [-0.1, -0.05) is 10.3 Å². The van der Waals surface area contributed by atoms with Crippen molar-refractivity contribution in [3.63, 3.8) is 0 Å². The van der Waals surface area contributed by atoms with Gasteiger partial charge in [-0.2, -0.15) is 0 Å². The topological polar surface area (TPSA) is 70.9 Å². The maximum Gasteiger partial charge on any atom is 0.184 e. The molecular formula is C16H38N2O5Si3. The van der Waals surface area contributed by atoms with Crippen LogP contribution in [-0.4, -0.2) is 69.9 Å². The van der Waals surface area contributed by atoms with Crippen LogP contribution >= 0.6 is 0 Å². The van der Waals surface area contributed by atoms with Crippen LogP contribution in [0.5, 0.6) is 0 Å². The van der Waals surface area contributed by atoms with E-state index in [1.807, 2.05) is 0 Å². The van der Waals surface area contributed by atoms with Crippen molar-refractivity contribution in [1.82, 2.24) is 0 Å². The molecule has 0 heterocycles. The number of rotatable bonds is 12. The first kappa shape index (κ1) is 25.5. The Labute approximate surface area is 162 Å². The van der Waals surface area contributed by atoms with Crippen LogP contribution in [0.25, 0.3) is 0 Å². The zero-order chi connectivity index (χ0) is 20.6. The second kappa shape index (κ2) is 10.7. The van der Waals surface area contributed by atoms with Crippen molar-refractivity contribution in [1.29, 1.82) is 0 Å². The van der Waals surface area contributed by atoms with Crippen molar-refractivity contribution >= 4 is 37.4 Å². The Balaban J connectivity index is 5.97. The van der Waals surface area contributed by atoms with Crippen LogP contribution in [0.4, 0.5) is 0 Å². The lowest BCUT2D eigenvalue weighted by atomic mass is 10.1. The van der Waals surface area contributed by atoms with Crippen molar-refractivity contribution in [2.45, 2.75) is 77.2 Å². The molecule has 0 N–H and O–H groups in total. The summed E-state index contributed by atoms with van der Waals surface area (Å²) in [5, 5.41) is 7.91. The van der Waals surface area contributed by atoms with E-state index in [9.17, 15) is 0 Å². The SMILES string of the molecule is CO/N=C\[C@H](O[Si](C)(C)C)C(O[Si](C)(C)C)[C@@H](/C=N\OC)O[Si](C)(C)C. The van der Waals surface area contributed by atoms with E-state index < -0.39 is 43.3 Å². The van der Waals surface area contributed by atoms with Crippen LogP contribution in [0.1, 0.15) is 0 Å². The van der Waals surface area contributed by atoms with E-state index in [-0.39, 0.29) is 0 Å².